The molecule has 0 amide bonds. The van der Waals surface area contributed by atoms with Crippen molar-refractivity contribution in [2.75, 3.05) is 42.9 Å². The van der Waals surface area contributed by atoms with Gasteiger partial charge in [-0.05, 0) is 32.0 Å². The quantitative estimate of drug-likeness (QED) is 0.828. The Kier molecular flexibility index (Phi) is 5.59. The Hall–Kier alpha value is -1.36. The summed E-state index contributed by atoms with van der Waals surface area (Å²) in [6, 6.07) is 2.67. The average Bonchev–Trinajstić information content (AvgIpc) is 2.96. The lowest BCUT2D eigenvalue weighted by atomic mass is 10.2. The summed E-state index contributed by atoms with van der Waals surface area (Å²) in [6.07, 6.45) is 4.16. The molecular weight excluding hydrogens is 250 g/mol. The maximum absolute atomic E-state index is 4.62. The molecule has 1 atom stereocenters. The molecule has 1 aliphatic heterocycles. The van der Waals surface area contributed by atoms with E-state index in [1.165, 1.54) is 6.42 Å². The number of nitrogens with zero attached hydrogens (tertiary/aromatic N) is 4. The third-order valence-corrected chi connectivity index (χ3v) is 3.99. The number of aromatic nitrogens is 2. The minimum absolute atomic E-state index is 0.659. The predicted molar refractivity (Wildman–Crippen MR) is 84.4 cm³/mol. The van der Waals surface area contributed by atoms with Crippen LogP contribution in [0.5, 0.6) is 0 Å². The largest absolute Gasteiger partial charge is 0.355 e. The SMILES string of the molecule is CCCNc1nccc(N2CCC(N(CC)CC)C2)n1. The van der Waals surface area contributed by atoms with Crippen molar-refractivity contribution in [3.8, 4) is 0 Å². The number of hydrogen-bond donors (Lipinski definition) is 1. The first-order valence-electron chi connectivity index (χ1n) is 7.84. The zero-order chi connectivity index (χ0) is 14.4. The van der Waals surface area contributed by atoms with Crippen molar-refractivity contribution in [2.45, 2.75) is 39.7 Å². The van der Waals surface area contributed by atoms with Gasteiger partial charge in [0, 0.05) is 31.9 Å². The maximum Gasteiger partial charge on any atom is 0.224 e. The second kappa shape index (κ2) is 7.43. The van der Waals surface area contributed by atoms with Gasteiger partial charge in [-0.1, -0.05) is 20.8 Å². The van der Waals surface area contributed by atoms with E-state index in [1.807, 2.05) is 12.3 Å². The van der Waals surface area contributed by atoms with Crippen LogP contribution in [0.3, 0.4) is 0 Å². The number of likely N-dealkylation sites (N-methyl/N-ethyl adjacent to an activating group) is 1. The highest BCUT2D eigenvalue weighted by Gasteiger charge is 2.26. The number of anilines is 2. The third-order valence-electron chi connectivity index (χ3n) is 3.99. The van der Waals surface area contributed by atoms with Crippen molar-refractivity contribution in [3.63, 3.8) is 0 Å². The van der Waals surface area contributed by atoms with Crippen molar-refractivity contribution in [1.29, 1.82) is 0 Å². The summed E-state index contributed by atoms with van der Waals surface area (Å²) in [6.45, 7) is 12.0. The molecule has 1 unspecified atom stereocenters. The molecular formula is C15H27N5. The van der Waals surface area contributed by atoms with Gasteiger partial charge in [0.15, 0.2) is 0 Å². The van der Waals surface area contributed by atoms with Crippen molar-refractivity contribution in [2.24, 2.45) is 0 Å². The summed E-state index contributed by atoms with van der Waals surface area (Å²) in [5, 5.41) is 3.26. The van der Waals surface area contributed by atoms with E-state index in [4.69, 9.17) is 0 Å². The highest BCUT2D eigenvalue weighted by Crippen LogP contribution is 2.21. The molecule has 0 saturated carbocycles. The predicted octanol–water partition coefficient (Wildman–Crippen LogP) is 2.22. The van der Waals surface area contributed by atoms with Gasteiger partial charge in [0.2, 0.25) is 5.95 Å². The van der Waals surface area contributed by atoms with E-state index in [-0.39, 0.29) is 0 Å². The molecule has 5 nitrogen and oxygen atoms in total. The topological polar surface area (TPSA) is 44.3 Å². The Morgan fingerprint density at radius 1 is 1.35 bits per heavy atom. The molecule has 1 aliphatic rings. The normalized spacial score (nSPS) is 18.8. The summed E-state index contributed by atoms with van der Waals surface area (Å²) in [4.78, 5) is 13.8. The van der Waals surface area contributed by atoms with Crippen molar-refractivity contribution >= 4 is 11.8 Å². The van der Waals surface area contributed by atoms with Crippen molar-refractivity contribution in [1.82, 2.24) is 14.9 Å². The molecule has 0 aliphatic carbocycles. The van der Waals surface area contributed by atoms with E-state index in [2.05, 4.69) is 45.9 Å². The van der Waals surface area contributed by atoms with Crippen LogP contribution in [-0.4, -0.2) is 53.6 Å². The molecule has 5 heteroatoms. The zero-order valence-electron chi connectivity index (χ0n) is 13.0. The minimum atomic E-state index is 0.659. The van der Waals surface area contributed by atoms with Crippen molar-refractivity contribution in [3.05, 3.63) is 12.3 Å². The zero-order valence-corrected chi connectivity index (χ0v) is 13.0. The maximum atomic E-state index is 4.62. The first-order valence-corrected chi connectivity index (χ1v) is 7.84. The van der Waals surface area contributed by atoms with Gasteiger partial charge < -0.3 is 10.2 Å². The fourth-order valence-corrected chi connectivity index (χ4v) is 2.84. The Bertz CT molecular complexity index is 405. The molecule has 0 radical (unpaired) electrons. The van der Waals surface area contributed by atoms with Gasteiger partial charge in [-0.3, -0.25) is 4.90 Å². The smallest absolute Gasteiger partial charge is 0.224 e. The number of rotatable bonds is 7. The van der Waals surface area contributed by atoms with E-state index >= 15 is 0 Å². The average molecular weight is 277 g/mol. The van der Waals surface area contributed by atoms with E-state index in [0.29, 0.717) is 6.04 Å². The number of nitrogens with one attached hydrogen (secondary N) is 1. The van der Waals surface area contributed by atoms with Crippen LogP contribution in [0.15, 0.2) is 12.3 Å². The highest BCUT2D eigenvalue weighted by atomic mass is 15.3. The van der Waals surface area contributed by atoms with Gasteiger partial charge in [0.25, 0.3) is 0 Å². The van der Waals surface area contributed by atoms with E-state index in [9.17, 15) is 0 Å². The standard InChI is InChI=1S/C15H27N5/c1-4-9-16-15-17-10-7-14(18-15)20-11-8-13(12-20)19(5-2)6-3/h7,10,13H,4-6,8-9,11-12H2,1-3H3,(H,16,17,18). The minimum Gasteiger partial charge on any atom is -0.355 e. The lowest BCUT2D eigenvalue weighted by Gasteiger charge is -2.26. The van der Waals surface area contributed by atoms with Gasteiger partial charge in [0.05, 0.1) is 0 Å². The lowest BCUT2D eigenvalue weighted by Crippen LogP contribution is -2.37. The fourth-order valence-electron chi connectivity index (χ4n) is 2.84. The van der Waals surface area contributed by atoms with Gasteiger partial charge in [-0.25, -0.2) is 4.98 Å². The summed E-state index contributed by atoms with van der Waals surface area (Å²) in [5.74, 6) is 1.80. The molecule has 1 fully saturated rings. The van der Waals surface area contributed by atoms with Crippen LogP contribution in [0.4, 0.5) is 11.8 Å². The number of hydrogen-bond acceptors (Lipinski definition) is 5. The summed E-state index contributed by atoms with van der Waals surface area (Å²) in [7, 11) is 0. The molecule has 0 aromatic carbocycles. The molecule has 20 heavy (non-hydrogen) atoms. The highest BCUT2D eigenvalue weighted by molar-refractivity contribution is 5.43. The Balaban J connectivity index is 1.98. The van der Waals surface area contributed by atoms with Crippen LogP contribution in [-0.2, 0) is 0 Å². The lowest BCUT2D eigenvalue weighted by molar-refractivity contribution is 0.232. The van der Waals surface area contributed by atoms with Crippen molar-refractivity contribution < 1.29 is 0 Å². The molecule has 112 valence electrons. The molecule has 1 N–H and O–H groups in total. The first kappa shape index (κ1) is 15.0. The molecule has 2 heterocycles. The van der Waals surface area contributed by atoms with Gasteiger partial charge in [0.1, 0.15) is 5.82 Å². The molecule has 1 aromatic heterocycles. The van der Waals surface area contributed by atoms with E-state index in [0.717, 1.165) is 50.9 Å². The summed E-state index contributed by atoms with van der Waals surface area (Å²) in [5.41, 5.74) is 0. The van der Waals surface area contributed by atoms with Crippen LogP contribution < -0.4 is 10.2 Å². The van der Waals surface area contributed by atoms with Crippen LogP contribution in [0.2, 0.25) is 0 Å². The molecule has 2 rings (SSSR count). The molecule has 1 aromatic rings. The third kappa shape index (κ3) is 3.60. The molecule has 0 bridgehead atoms. The second-order valence-electron chi connectivity index (χ2n) is 5.27. The van der Waals surface area contributed by atoms with Gasteiger partial charge in [-0.2, -0.15) is 4.98 Å². The second-order valence-corrected chi connectivity index (χ2v) is 5.27. The first-order chi connectivity index (χ1) is 9.78. The van der Waals surface area contributed by atoms with Crippen LogP contribution >= 0.6 is 0 Å². The Morgan fingerprint density at radius 2 is 2.15 bits per heavy atom. The van der Waals surface area contributed by atoms with Crippen LogP contribution in [0, 0.1) is 0 Å². The molecule has 0 spiro atoms. The van der Waals surface area contributed by atoms with E-state index in [1.54, 1.807) is 0 Å². The summed E-state index contributed by atoms with van der Waals surface area (Å²) >= 11 is 0. The van der Waals surface area contributed by atoms with Crippen LogP contribution in [0.1, 0.15) is 33.6 Å². The molecule has 1 saturated heterocycles. The monoisotopic (exact) mass is 277 g/mol. The van der Waals surface area contributed by atoms with Crippen LogP contribution in [0.25, 0.3) is 0 Å². The Labute approximate surface area is 122 Å². The van der Waals surface area contributed by atoms with Gasteiger partial charge in [-0.15, -0.1) is 0 Å². The Morgan fingerprint density at radius 3 is 2.85 bits per heavy atom. The summed E-state index contributed by atoms with van der Waals surface area (Å²) < 4.78 is 0. The van der Waals surface area contributed by atoms with E-state index < -0.39 is 0 Å². The fraction of sp³-hybridized carbons (Fsp3) is 0.733. The van der Waals surface area contributed by atoms with Gasteiger partial charge >= 0.3 is 0 Å².